The summed E-state index contributed by atoms with van der Waals surface area (Å²) in [5, 5.41) is 0. The maximum atomic E-state index is 5.13. The van der Waals surface area contributed by atoms with Crippen LogP contribution in [0.1, 0.15) is 24.8 Å². The van der Waals surface area contributed by atoms with Gasteiger partial charge in [-0.25, -0.2) is 0 Å². The summed E-state index contributed by atoms with van der Waals surface area (Å²) in [5.74, 6) is 2.35. The second-order valence-corrected chi connectivity index (χ2v) is 4.07. The Morgan fingerprint density at radius 2 is 2.00 bits per heavy atom. The van der Waals surface area contributed by atoms with Crippen LogP contribution in [-0.4, -0.2) is 7.11 Å². The van der Waals surface area contributed by atoms with E-state index < -0.39 is 0 Å². The maximum absolute atomic E-state index is 5.13. The highest BCUT2D eigenvalue weighted by Crippen LogP contribution is 2.51. The van der Waals surface area contributed by atoms with Crippen molar-refractivity contribution in [1.82, 2.24) is 0 Å². The molecule has 1 saturated carbocycles. The normalized spacial score (nSPS) is 24.4. The van der Waals surface area contributed by atoms with Gasteiger partial charge >= 0.3 is 0 Å². The van der Waals surface area contributed by atoms with E-state index >= 15 is 0 Å². The fourth-order valence-corrected chi connectivity index (χ4v) is 1.96. The summed E-state index contributed by atoms with van der Waals surface area (Å²) >= 11 is 0. The molecule has 1 aliphatic carbocycles. The van der Waals surface area contributed by atoms with Gasteiger partial charge in [0.15, 0.2) is 0 Å². The lowest BCUT2D eigenvalue weighted by Gasteiger charge is -2.02. The van der Waals surface area contributed by atoms with Gasteiger partial charge in [0, 0.05) is 0 Å². The second kappa shape index (κ2) is 3.49. The highest BCUT2D eigenvalue weighted by atomic mass is 16.5. The third kappa shape index (κ3) is 1.67. The van der Waals surface area contributed by atoms with E-state index in [2.05, 4.69) is 25.6 Å². The summed E-state index contributed by atoms with van der Waals surface area (Å²) in [6.45, 7) is 6.12. The average molecular weight is 188 g/mol. The van der Waals surface area contributed by atoms with E-state index in [9.17, 15) is 0 Å². The Kier molecular flexibility index (Phi) is 2.32. The van der Waals surface area contributed by atoms with Crippen LogP contribution in [0.15, 0.2) is 36.4 Å². The van der Waals surface area contributed by atoms with E-state index in [0.29, 0.717) is 11.8 Å². The van der Waals surface area contributed by atoms with Crippen molar-refractivity contribution in [3.05, 3.63) is 42.0 Å². The highest BCUT2D eigenvalue weighted by molar-refractivity contribution is 5.34. The molecule has 0 N–H and O–H groups in total. The van der Waals surface area contributed by atoms with Crippen LogP contribution < -0.4 is 4.74 Å². The van der Waals surface area contributed by atoms with Crippen LogP contribution in [0.5, 0.6) is 5.75 Å². The third-order valence-corrected chi connectivity index (χ3v) is 2.97. The van der Waals surface area contributed by atoms with Gasteiger partial charge < -0.3 is 4.74 Å². The molecule has 0 amide bonds. The van der Waals surface area contributed by atoms with Crippen LogP contribution in [0.2, 0.25) is 0 Å². The van der Waals surface area contributed by atoms with Crippen LogP contribution in [0.25, 0.3) is 0 Å². The Morgan fingerprint density at radius 1 is 1.36 bits per heavy atom. The molecule has 1 aromatic carbocycles. The van der Waals surface area contributed by atoms with Crippen molar-refractivity contribution in [2.24, 2.45) is 5.92 Å². The van der Waals surface area contributed by atoms with Crippen molar-refractivity contribution in [2.45, 2.75) is 19.3 Å². The van der Waals surface area contributed by atoms with Crippen molar-refractivity contribution >= 4 is 0 Å². The molecule has 1 aromatic rings. The summed E-state index contributed by atoms with van der Waals surface area (Å²) in [6, 6.07) is 8.38. The standard InChI is InChI=1S/C13H16O/c1-9(2)12-8-13(12)10-4-6-11(14-3)7-5-10/h4-7,12-13H,1,8H2,2-3H3/t12-,13-/m0/s1. The molecule has 0 spiro atoms. The first-order chi connectivity index (χ1) is 6.72. The number of allylic oxidation sites excluding steroid dienone is 1. The Bertz CT molecular complexity index is 337. The van der Waals surface area contributed by atoms with Crippen molar-refractivity contribution < 1.29 is 4.74 Å². The zero-order chi connectivity index (χ0) is 10.1. The lowest BCUT2D eigenvalue weighted by molar-refractivity contribution is 0.414. The highest BCUT2D eigenvalue weighted by Gasteiger charge is 2.38. The molecule has 1 fully saturated rings. The number of hydrogen-bond acceptors (Lipinski definition) is 1. The summed E-state index contributed by atoms with van der Waals surface area (Å²) in [4.78, 5) is 0. The zero-order valence-corrected chi connectivity index (χ0v) is 8.79. The first-order valence-electron chi connectivity index (χ1n) is 5.01. The van der Waals surface area contributed by atoms with Crippen molar-refractivity contribution in [3.63, 3.8) is 0 Å². The van der Waals surface area contributed by atoms with Crippen LogP contribution in [-0.2, 0) is 0 Å². The van der Waals surface area contributed by atoms with E-state index in [1.54, 1.807) is 7.11 Å². The molecule has 1 aliphatic rings. The van der Waals surface area contributed by atoms with Gasteiger partial charge in [0.05, 0.1) is 7.11 Å². The minimum Gasteiger partial charge on any atom is -0.497 e. The molecular formula is C13H16O. The number of rotatable bonds is 3. The summed E-state index contributed by atoms with van der Waals surface area (Å²) in [6.07, 6.45) is 1.27. The molecule has 0 saturated heterocycles. The van der Waals surface area contributed by atoms with Gasteiger partial charge in [0.25, 0.3) is 0 Å². The predicted octanol–water partition coefficient (Wildman–Crippen LogP) is 3.37. The number of ether oxygens (including phenoxy) is 1. The Balaban J connectivity index is 2.08. The van der Waals surface area contributed by atoms with E-state index in [0.717, 1.165) is 5.75 Å². The summed E-state index contributed by atoms with van der Waals surface area (Å²) in [5.41, 5.74) is 2.73. The van der Waals surface area contributed by atoms with Gasteiger partial charge in [-0.15, -0.1) is 0 Å². The molecule has 0 bridgehead atoms. The third-order valence-electron chi connectivity index (χ3n) is 2.97. The van der Waals surface area contributed by atoms with E-state index in [4.69, 9.17) is 4.74 Å². The lowest BCUT2D eigenvalue weighted by atomic mass is 10.1. The average Bonchev–Trinajstić information content (AvgIpc) is 2.97. The Hall–Kier alpha value is -1.24. The minimum absolute atomic E-state index is 0.707. The maximum Gasteiger partial charge on any atom is 0.118 e. The van der Waals surface area contributed by atoms with Gasteiger partial charge in [-0.3, -0.25) is 0 Å². The number of hydrogen-bond donors (Lipinski definition) is 0. The number of benzene rings is 1. The predicted molar refractivity (Wildman–Crippen MR) is 58.7 cm³/mol. The van der Waals surface area contributed by atoms with Crippen LogP contribution in [0.4, 0.5) is 0 Å². The van der Waals surface area contributed by atoms with Crippen LogP contribution in [0.3, 0.4) is 0 Å². The summed E-state index contributed by atoms with van der Waals surface area (Å²) in [7, 11) is 1.70. The molecule has 2 atom stereocenters. The van der Waals surface area contributed by atoms with Gasteiger partial charge in [-0.05, 0) is 42.9 Å². The van der Waals surface area contributed by atoms with E-state index in [1.165, 1.54) is 17.6 Å². The largest absolute Gasteiger partial charge is 0.497 e. The number of methoxy groups -OCH3 is 1. The molecule has 74 valence electrons. The van der Waals surface area contributed by atoms with E-state index in [-0.39, 0.29) is 0 Å². The van der Waals surface area contributed by atoms with Gasteiger partial charge in [0.2, 0.25) is 0 Å². The van der Waals surface area contributed by atoms with Crippen molar-refractivity contribution in [3.8, 4) is 5.75 Å². The second-order valence-electron chi connectivity index (χ2n) is 4.07. The zero-order valence-electron chi connectivity index (χ0n) is 8.79. The molecule has 1 nitrogen and oxygen atoms in total. The quantitative estimate of drug-likeness (QED) is 0.661. The molecule has 2 rings (SSSR count). The van der Waals surface area contributed by atoms with Crippen molar-refractivity contribution in [1.29, 1.82) is 0 Å². The van der Waals surface area contributed by atoms with Gasteiger partial charge in [-0.1, -0.05) is 24.3 Å². The fourth-order valence-electron chi connectivity index (χ4n) is 1.96. The molecule has 14 heavy (non-hydrogen) atoms. The Morgan fingerprint density at radius 3 is 2.43 bits per heavy atom. The smallest absolute Gasteiger partial charge is 0.118 e. The molecule has 0 radical (unpaired) electrons. The van der Waals surface area contributed by atoms with Crippen LogP contribution in [0, 0.1) is 5.92 Å². The SMILES string of the molecule is C=C(C)[C@@H]1C[C@H]1c1ccc(OC)cc1. The molecule has 1 heteroatoms. The first-order valence-corrected chi connectivity index (χ1v) is 5.01. The minimum atomic E-state index is 0.707. The topological polar surface area (TPSA) is 9.23 Å². The molecule has 0 unspecified atom stereocenters. The molecular weight excluding hydrogens is 172 g/mol. The Labute approximate surface area is 85.4 Å². The van der Waals surface area contributed by atoms with Gasteiger partial charge in [-0.2, -0.15) is 0 Å². The van der Waals surface area contributed by atoms with Crippen LogP contribution >= 0.6 is 0 Å². The molecule has 0 aliphatic heterocycles. The molecule has 0 aromatic heterocycles. The van der Waals surface area contributed by atoms with Crippen molar-refractivity contribution in [2.75, 3.05) is 7.11 Å². The lowest BCUT2D eigenvalue weighted by Crippen LogP contribution is -1.86. The fraction of sp³-hybridized carbons (Fsp3) is 0.385. The summed E-state index contributed by atoms with van der Waals surface area (Å²) < 4.78 is 5.13. The molecule has 0 heterocycles. The monoisotopic (exact) mass is 188 g/mol. The van der Waals surface area contributed by atoms with E-state index in [1.807, 2.05) is 12.1 Å². The first kappa shape index (κ1) is 9.32. The van der Waals surface area contributed by atoms with Gasteiger partial charge in [0.1, 0.15) is 5.75 Å².